The van der Waals surface area contributed by atoms with Gasteiger partial charge in [0.05, 0.1) is 10.7 Å². The zero-order valence-electron chi connectivity index (χ0n) is 10.5. The van der Waals surface area contributed by atoms with E-state index >= 15 is 0 Å². The van der Waals surface area contributed by atoms with Gasteiger partial charge in [0.15, 0.2) is 5.96 Å². The van der Waals surface area contributed by atoms with E-state index in [2.05, 4.69) is 21.5 Å². The van der Waals surface area contributed by atoms with Gasteiger partial charge < -0.3 is 11.1 Å². The molecule has 0 saturated heterocycles. The molecule has 4 N–H and O–H groups in total. The highest BCUT2D eigenvalue weighted by Crippen LogP contribution is 2.26. The van der Waals surface area contributed by atoms with Gasteiger partial charge in [-0.25, -0.2) is 9.79 Å². The molecule has 0 aliphatic heterocycles. The number of nitrogens with two attached hydrogens (primary N) is 1. The molecule has 0 aliphatic carbocycles. The van der Waals surface area contributed by atoms with E-state index in [-0.39, 0.29) is 12.5 Å². The van der Waals surface area contributed by atoms with Gasteiger partial charge in [0.25, 0.3) is 0 Å². The molecule has 0 spiro atoms. The number of urea groups is 1. The summed E-state index contributed by atoms with van der Waals surface area (Å²) in [6, 6.07) is 4.90. The number of aryl methyl sites for hydroxylation is 1. The van der Waals surface area contributed by atoms with Crippen LogP contribution in [0.3, 0.4) is 0 Å². The van der Waals surface area contributed by atoms with Crippen molar-refractivity contribution in [1.82, 2.24) is 5.32 Å². The summed E-state index contributed by atoms with van der Waals surface area (Å²) in [5, 5.41) is 5.47. The number of anilines is 1. The van der Waals surface area contributed by atoms with E-state index < -0.39 is 6.03 Å². The van der Waals surface area contributed by atoms with Gasteiger partial charge in [0, 0.05) is 0 Å². The average Bonchev–Trinajstić information content (AvgIpc) is 2.38. The highest BCUT2D eigenvalue weighted by Gasteiger charge is 2.09. The zero-order valence-corrected chi connectivity index (χ0v) is 11.3. The Hall–Kier alpha value is -2.19. The number of rotatable bonds is 3. The van der Waals surface area contributed by atoms with Crippen LogP contribution in [0.4, 0.5) is 10.5 Å². The molecular weight excluding hydrogens is 264 g/mol. The number of terminal acetylenes is 1. The maximum absolute atomic E-state index is 11.7. The molecule has 0 saturated carbocycles. The average molecular weight is 279 g/mol. The Bertz CT molecular complexity index is 534. The predicted molar refractivity (Wildman–Crippen MR) is 78.3 cm³/mol. The first-order valence-electron chi connectivity index (χ1n) is 5.67. The van der Waals surface area contributed by atoms with Gasteiger partial charge in [-0.15, -0.1) is 6.42 Å². The van der Waals surface area contributed by atoms with Crippen LogP contribution in [0.15, 0.2) is 23.2 Å². The molecule has 0 radical (unpaired) electrons. The van der Waals surface area contributed by atoms with Gasteiger partial charge in [0.1, 0.15) is 6.54 Å². The SMILES string of the molecule is C#CCN=C(N)NC(=O)Nc1c(Cl)cccc1CC. The maximum Gasteiger partial charge on any atom is 0.326 e. The molecule has 0 bridgehead atoms. The van der Waals surface area contributed by atoms with Crippen LogP contribution in [0.2, 0.25) is 5.02 Å². The molecule has 0 aliphatic rings. The minimum Gasteiger partial charge on any atom is -0.370 e. The van der Waals surface area contributed by atoms with Crippen molar-refractivity contribution in [2.24, 2.45) is 10.7 Å². The van der Waals surface area contributed by atoms with Crippen molar-refractivity contribution in [2.75, 3.05) is 11.9 Å². The van der Waals surface area contributed by atoms with Crippen LogP contribution in [0, 0.1) is 12.3 Å². The summed E-state index contributed by atoms with van der Waals surface area (Å²) < 4.78 is 0. The summed E-state index contributed by atoms with van der Waals surface area (Å²) in [4.78, 5) is 15.5. The third-order valence-electron chi connectivity index (χ3n) is 2.30. The fraction of sp³-hybridized carbons (Fsp3) is 0.231. The Morgan fingerprint density at radius 2 is 2.32 bits per heavy atom. The third kappa shape index (κ3) is 4.53. The van der Waals surface area contributed by atoms with Crippen LogP contribution in [-0.4, -0.2) is 18.5 Å². The topological polar surface area (TPSA) is 79.5 Å². The molecule has 0 heterocycles. The van der Waals surface area contributed by atoms with Crippen molar-refractivity contribution in [3.63, 3.8) is 0 Å². The van der Waals surface area contributed by atoms with Gasteiger partial charge in [-0.3, -0.25) is 5.32 Å². The number of guanidine groups is 1. The summed E-state index contributed by atoms with van der Waals surface area (Å²) in [5.41, 5.74) is 6.97. The first-order chi connectivity index (χ1) is 9.08. The van der Waals surface area contributed by atoms with Crippen LogP contribution in [0.1, 0.15) is 12.5 Å². The molecule has 2 amide bonds. The second kappa shape index (κ2) is 7.29. The van der Waals surface area contributed by atoms with Gasteiger partial charge in [-0.05, 0) is 18.1 Å². The minimum absolute atomic E-state index is 0.0412. The normalized spacial score (nSPS) is 10.7. The number of carbonyl (C=O) groups excluding carboxylic acids is 1. The summed E-state index contributed by atoms with van der Waals surface area (Å²) >= 11 is 6.04. The van der Waals surface area contributed by atoms with Gasteiger partial charge >= 0.3 is 6.03 Å². The fourth-order valence-electron chi connectivity index (χ4n) is 1.43. The number of para-hydroxylation sites is 1. The zero-order chi connectivity index (χ0) is 14.3. The lowest BCUT2D eigenvalue weighted by Gasteiger charge is -2.12. The van der Waals surface area contributed by atoms with Crippen LogP contribution in [0.25, 0.3) is 0 Å². The molecule has 19 heavy (non-hydrogen) atoms. The maximum atomic E-state index is 11.7. The first-order valence-corrected chi connectivity index (χ1v) is 6.05. The smallest absolute Gasteiger partial charge is 0.326 e. The molecule has 0 atom stereocenters. The molecule has 100 valence electrons. The molecule has 5 nitrogen and oxygen atoms in total. The quantitative estimate of drug-likeness (QED) is 0.449. The molecule has 1 aromatic carbocycles. The van der Waals surface area contributed by atoms with Gasteiger partial charge in [0.2, 0.25) is 0 Å². The van der Waals surface area contributed by atoms with Gasteiger partial charge in [-0.2, -0.15) is 0 Å². The van der Waals surface area contributed by atoms with E-state index in [1.54, 1.807) is 6.07 Å². The number of benzene rings is 1. The lowest BCUT2D eigenvalue weighted by Crippen LogP contribution is -2.39. The van der Waals surface area contributed by atoms with Crippen molar-refractivity contribution in [1.29, 1.82) is 0 Å². The fourth-order valence-corrected chi connectivity index (χ4v) is 1.68. The molecule has 0 fully saturated rings. The number of nitrogens with zero attached hydrogens (tertiary/aromatic N) is 1. The van der Waals surface area contributed by atoms with Crippen molar-refractivity contribution < 1.29 is 4.79 Å². The largest absolute Gasteiger partial charge is 0.370 e. The molecule has 6 heteroatoms. The number of hydrogen-bond acceptors (Lipinski definition) is 2. The summed E-state index contributed by atoms with van der Waals surface area (Å²) in [6.07, 6.45) is 5.78. The monoisotopic (exact) mass is 278 g/mol. The second-order valence-corrected chi connectivity index (χ2v) is 4.02. The van der Waals surface area contributed by atoms with Crippen LogP contribution >= 0.6 is 11.6 Å². The Balaban J connectivity index is 2.75. The second-order valence-electron chi connectivity index (χ2n) is 3.61. The number of nitrogens with one attached hydrogen (secondary N) is 2. The van der Waals surface area contributed by atoms with Crippen LogP contribution < -0.4 is 16.4 Å². The molecule has 1 aromatic rings. The van der Waals surface area contributed by atoms with Crippen molar-refractivity contribution in [3.05, 3.63) is 28.8 Å². The number of hydrogen-bond donors (Lipinski definition) is 3. The Morgan fingerprint density at radius 3 is 2.95 bits per heavy atom. The molecule has 0 aromatic heterocycles. The number of aliphatic imine (C=N–C) groups is 1. The highest BCUT2D eigenvalue weighted by atomic mass is 35.5. The molecule has 0 unspecified atom stereocenters. The summed E-state index contributed by atoms with van der Waals surface area (Å²) in [6.45, 7) is 2.08. The summed E-state index contributed by atoms with van der Waals surface area (Å²) in [5.74, 6) is 2.25. The first kappa shape index (κ1) is 14.9. The van der Waals surface area contributed by atoms with E-state index in [0.717, 1.165) is 12.0 Å². The van der Waals surface area contributed by atoms with E-state index in [9.17, 15) is 4.79 Å². The van der Waals surface area contributed by atoms with Gasteiger partial charge in [-0.1, -0.05) is 36.6 Å². The Labute approximate surface area is 117 Å². The standard InChI is InChI=1S/C13H15ClN4O/c1-3-8-16-12(15)18-13(19)17-11-9(4-2)6-5-7-10(11)14/h1,5-7H,4,8H2,2H3,(H4,15,16,17,18,19). The van der Waals surface area contributed by atoms with Crippen molar-refractivity contribution in [2.45, 2.75) is 13.3 Å². The van der Waals surface area contributed by atoms with E-state index in [1.165, 1.54) is 0 Å². The highest BCUT2D eigenvalue weighted by molar-refractivity contribution is 6.34. The molecule has 1 rings (SSSR count). The molecular formula is C13H15ClN4O. The van der Waals surface area contributed by atoms with Crippen LogP contribution in [-0.2, 0) is 6.42 Å². The number of carbonyl (C=O) groups is 1. The Morgan fingerprint density at radius 1 is 1.58 bits per heavy atom. The van der Waals surface area contributed by atoms with E-state index in [0.29, 0.717) is 10.7 Å². The summed E-state index contributed by atoms with van der Waals surface area (Å²) in [7, 11) is 0. The van der Waals surface area contributed by atoms with E-state index in [1.807, 2.05) is 19.1 Å². The lowest BCUT2D eigenvalue weighted by atomic mass is 10.1. The lowest BCUT2D eigenvalue weighted by molar-refractivity contribution is 0.256. The number of halogens is 1. The van der Waals surface area contributed by atoms with Crippen molar-refractivity contribution >= 4 is 29.3 Å². The predicted octanol–water partition coefficient (Wildman–Crippen LogP) is 1.97. The van der Waals surface area contributed by atoms with Crippen LogP contribution in [0.5, 0.6) is 0 Å². The number of amides is 2. The van der Waals surface area contributed by atoms with E-state index in [4.69, 9.17) is 23.8 Å². The van der Waals surface area contributed by atoms with Crippen molar-refractivity contribution in [3.8, 4) is 12.3 Å². The minimum atomic E-state index is -0.513. The Kier molecular flexibility index (Phi) is 5.71. The third-order valence-corrected chi connectivity index (χ3v) is 2.62.